The predicted molar refractivity (Wildman–Crippen MR) is 60.8 cm³/mol. The Morgan fingerprint density at radius 1 is 1.06 bits per heavy atom. The highest BCUT2D eigenvalue weighted by molar-refractivity contribution is 5.78. The number of hydrogen-bond acceptors (Lipinski definition) is 2. The van der Waals surface area contributed by atoms with Crippen LogP contribution in [0.5, 0.6) is 0 Å². The van der Waals surface area contributed by atoms with E-state index in [0.29, 0.717) is 5.52 Å². The Morgan fingerprint density at radius 2 is 1.75 bits per heavy atom. The number of benzene rings is 1. The minimum absolute atomic E-state index is 0.183. The number of rotatable bonds is 0. The molecule has 2 aromatic heterocycles. The Morgan fingerprint density at radius 3 is 2.50 bits per heavy atom. The van der Waals surface area contributed by atoms with E-state index in [1.807, 2.05) is 24.3 Å². The summed E-state index contributed by atoms with van der Waals surface area (Å²) in [6, 6.07) is 7.31. The highest BCUT2D eigenvalue weighted by Gasteiger charge is 2.09. The number of hydrogen-bond donors (Lipinski definition) is 1. The first-order chi connectivity index (χ1) is 7.70. The van der Waals surface area contributed by atoms with Crippen molar-refractivity contribution in [1.29, 1.82) is 0 Å². The number of H-pyrrole nitrogens is 1. The monoisotopic (exact) mass is 215 g/mol. The van der Waals surface area contributed by atoms with Crippen molar-refractivity contribution in [2.24, 2.45) is 7.05 Å². The van der Waals surface area contributed by atoms with E-state index < -0.39 is 0 Å². The van der Waals surface area contributed by atoms with Gasteiger partial charge in [0.2, 0.25) is 0 Å². The van der Waals surface area contributed by atoms with Crippen molar-refractivity contribution >= 4 is 16.6 Å². The summed E-state index contributed by atoms with van der Waals surface area (Å²) in [7, 11) is 1.70. The molecule has 3 aromatic rings. The third-order valence-corrected chi connectivity index (χ3v) is 2.78. The number of nitrogens with zero attached hydrogens (tertiary/aromatic N) is 2. The summed E-state index contributed by atoms with van der Waals surface area (Å²) >= 11 is 0. The number of imidazole rings is 1. The summed E-state index contributed by atoms with van der Waals surface area (Å²) in [6.45, 7) is 0. The van der Waals surface area contributed by atoms with Crippen LogP contribution in [0.1, 0.15) is 0 Å². The second-order valence-corrected chi connectivity index (χ2v) is 3.67. The lowest BCUT2D eigenvalue weighted by Gasteiger charge is -2.06. The number of aromatic amines is 1. The average Bonchev–Trinajstić information content (AvgIpc) is 2.69. The summed E-state index contributed by atoms with van der Waals surface area (Å²) in [5.74, 6) is 0. The van der Waals surface area contributed by atoms with Crippen molar-refractivity contribution in [3.63, 3.8) is 0 Å². The quantitative estimate of drug-likeness (QED) is 0.593. The van der Waals surface area contributed by atoms with E-state index in [2.05, 4.69) is 4.98 Å². The van der Waals surface area contributed by atoms with Crippen LogP contribution in [0.2, 0.25) is 0 Å². The van der Waals surface area contributed by atoms with Gasteiger partial charge >= 0.3 is 5.69 Å². The molecule has 0 aliphatic carbocycles. The molecule has 0 fully saturated rings. The first-order valence-electron chi connectivity index (χ1n) is 4.88. The normalized spacial score (nSPS) is 11.3. The van der Waals surface area contributed by atoms with E-state index >= 15 is 0 Å². The van der Waals surface area contributed by atoms with Crippen LogP contribution in [-0.4, -0.2) is 14.0 Å². The molecule has 16 heavy (non-hydrogen) atoms. The Hall–Kier alpha value is -2.30. The Kier molecular flexibility index (Phi) is 1.60. The van der Waals surface area contributed by atoms with Gasteiger partial charge in [-0.15, -0.1) is 0 Å². The minimum atomic E-state index is -0.288. The van der Waals surface area contributed by atoms with E-state index in [-0.39, 0.29) is 11.2 Å². The molecule has 0 bridgehead atoms. The number of nitrogens with one attached hydrogen (secondary N) is 1. The van der Waals surface area contributed by atoms with Gasteiger partial charge in [0.1, 0.15) is 5.52 Å². The van der Waals surface area contributed by atoms with Crippen molar-refractivity contribution in [1.82, 2.24) is 14.0 Å². The van der Waals surface area contributed by atoms with Gasteiger partial charge in [0.25, 0.3) is 5.56 Å². The maximum absolute atomic E-state index is 11.9. The van der Waals surface area contributed by atoms with Gasteiger partial charge in [0, 0.05) is 13.2 Å². The molecule has 0 aliphatic heterocycles. The van der Waals surface area contributed by atoms with Crippen LogP contribution in [0.25, 0.3) is 16.6 Å². The fourth-order valence-corrected chi connectivity index (χ4v) is 1.98. The third kappa shape index (κ3) is 0.942. The zero-order valence-corrected chi connectivity index (χ0v) is 8.60. The topological polar surface area (TPSA) is 59.3 Å². The van der Waals surface area contributed by atoms with Crippen LogP contribution in [0.15, 0.2) is 40.1 Å². The second kappa shape index (κ2) is 2.85. The van der Waals surface area contributed by atoms with Gasteiger partial charge in [-0.1, -0.05) is 12.1 Å². The van der Waals surface area contributed by atoms with Crippen LogP contribution in [0.3, 0.4) is 0 Å². The van der Waals surface area contributed by atoms with Gasteiger partial charge in [-0.05, 0) is 12.1 Å². The maximum Gasteiger partial charge on any atom is 0.330 e. The van der Waals surface area contributed by atoms with Crippen molar-refractivity contribution in [2.75, 3.05) is 0 Å². The number of aromatic nitrogens is 3. The van der Waals surface area contributed by atoms with Gasteiger partial charge < -0.3 is 9.55 Å². The Bertz CT molecular complexity index is 807. The largest absolute Gasteiger partial charge is 0.330 e. The first-order valence-corrected chi connectivity index (χ1v) is 4.88. The van der Waals surface area contributed by atoms with Gasteiger partial charge in [0.05, 0.1) is 11.0 Å². The molecule has 0 saturated carbocycles. The zero-order chi connectivity index (χ0) is 11.3. The molecule has 0 saturated heterocycles. The number of fused-ring (bicyclic) bond motifs is 3. The van der Waals surface area contributed by atoms with E-state index in [9.17, 15) is 9.59 Å². The molecule has 1 aromatic carbocycles. The van der Waals surface area contributed by atoms with Crippen molar-refractivity contribution in [3.05, 3.63) is 51.3 Å². The van der Waals surface area contributed by atoms with Gasteiger partial charge in [-0.3, -0.25) is 9.20 Å². The summed E-state index contributed by atoms with van der Waals surface area (Å²) in [6.07, 6.45) is 1.44. The highest BCUT2D eigenvalue weighted by Crippen LogP contribution is 2.10. The van der Waals surface area contributed by atoms with E-state index in [0.717, 1.165) is 11.0 Å². The molecule has 0 atom stereocenters. The van der Waals surface area contributed by atoms with Crippen LogP contribution in [0.4, 0.5) is 0 Å². The average molecular weight is 215 g/mol. The molecule has 0 unspecified atom stereocenters. The summed E-state index contributed by atoms with van der Waals surface area (Å²) in [5.41, 5.74) is 1.36. The summed E-state index contributed by atoms with van der Waals surface area (Å²) < 4.78 is 2.94. The molecule has 0 spiro atoms. The molecule has 5 heteroatoms. The molecule has 0 radical (unpaired) electrons. The second-order valence-electron chi connectivity index (χ2n) is 3.67. The molecule has 0 amide bonds. The molecular weight excluding hydrogens is 206 g/mol. The van der Waals surface area contributed by atoms with Crippen LogP contribution < -0.4 is 11.2 Å². The minimum Gasteiger partial charge on any atom is -0.312 e. The summed E-state index contributed by atoms with van der Waals surface area (Å²) in [4.78, 5) is 26.1. The molecule has 80 valence electrons. The molecule has 1 N–H and O–H groups in total. The molecule has 0 aliphatic rings. The van der Waals surface area contributed by atoms with E-state index in [4.69, 9.17) is 0 Å². The summed E-state index contributed by atoms with van der Waals surface area (Å²) in [5, 5.41) is 0. The van der Waals surface area contributed by atoms with Crippen molar-refractivity contribution in [3.8, 4) is 0 Å². The Balaban J connectivity index is 2.84. The fourth-order valence-electron chi connectivity index (χ4n) is 1.98. The third-order valence-electron chi connectivity index (χ3n) is 2.78. The van der Waals surface area contributed by atoms with Crippen LogP contribution in [-0.2, 0) is 7.05 Å². The lowest BCUT2D eigenvalue weighted by atomic mass is 10.3. The van der Waals surface area contributed by atoms with Crippen molar-refractivity contribution < 1.29 is 0 Å². The SMILES string of the molecule is Cn1c(=O)c2c[nH]c(=O)n2c2ccccc21. The van der Waals surface area contributed by atoms with E-state index in [1.54, 1.807) is 7.05 Å². The first kappa shape index (κ1) is 8.96. The highest BCUT2D eigenvalue weighted by atomic mass is 16.1. The van der Waals surface area contributed by atoms with Gasteiger partial charge in [-0.25, -0.2) is 4.79 Å². The lowest BCUT2D eigenvalue weighted by Crippen LogP contribution is -2.22. The Labute approximate surface area is 89.6 Å². The van der Waals surface area contributed by atoms with E-state index in [1.165, 1.54) is 15.2 Å². The zero-order valence-electron chi connectivity index (χ0n) is 8.60. The molecular formula is C11H9N3O2. The van der Waals surface area contributed by atoms with Crippen LogP contribution >= 0.6 is 0 Å². The van der Waals surface area contributed by atoms with Gasteiger partial charge in [-0.2, -0.15) is 0 Å². The molecule has 5 nitrogen and oxygen atoms in total. The van der Waals surface area contributed by atoms with Crippen molar-refractivity contribution in [2.45, 2.75) is 0 Å². The molecule has 2 heterocycles. The molecule has 3 rings (SSSR count). The predicted octanol–water partition coefficient (Wildman–Crippen LogP) is 0.479. The smallest absolute Gasteiger partial charge is 0.312 e. The standard InChI is InChI=1S/C11H9N3O2/c1-13-7-4-2-3-5-8(7)14-9(10(13)15)6-12-11(14)16/h2-6H,1H3,(H,12,16). The van der Waals surface area contributed by atoms with Crippen LogP contribution in [0, 0.1) is 0 Å². The number of para-hydroxylation sites is 2. The lowest BCUT2D eigenvalue weighted by molar-refractivity contribution is 0.896. The fraction of sp³-hybridized carbons (Fsp3) is 0.0909. The number of aryl methyl sites for hydroxylation is 1. The maximum atomic E-state index is 11.9. The van der Waals surface area contributed by atoms with Gasteiger partial charge in [0.15, 0.2) is 0 Å².